The highest BCUT2D eigenvalue weighted by atomic mass is 16.5. The second kappa shape index (κ2) is 5.75. The molecule has 4 nitrogen and oxygen atoms in total. The van der Waals surface area contributed by atoms with E-state index < -0.39 is 0 Å². The molecule has 0 spiro atoms. The number of nitrogens with zero attached hydrogens (tertiary/aromatic N) is 2. The molecule has 0 atom stereocenters. The summed E-state index contributed by atoms with van der Waals surface area (Å²) in [7, 11) is 1.57. The molecule has 1 aliphatic carbocycles. The van der Waals surface area contributed by atoms with Crippen LogP contribution in [0.4, 0.5) is 5.69 Å². The molecule has 1 aromatic carbocycles. The minimum atomic E-state index is -0.00458. The van der Waals surface area contributed by atoms with Gasteiger partial charge in [0.15, 0.2) is 5.78 Å². The number of carbonyl (C=O) groups excluding carboxylic acids is 1. The van der Waals surface area contributed by atoms with Gasteiger partial charge in [-0.15, -0.1) is 0 Å². The van der Waals surface area contributed by atoms with Crippen LogP contribution in [0, 0.1) is 11.3 Å². The maximum Gasteiger partial charge on any atom is 0.165 e. The average Bonchev–Trinajstić information content (AvgIpc) is 3.23. The molecular formula is C15H18N2O2. The van der Waals surface area contributed by atoms with Crippen molar-refractivity contribution >= 4 is 11.5 Å². The lowest BCUT2D eigenvalue weighted by Gasteiger charge is -2.26. The predicted octanol–water partition coefficient (Wildman–Crippen LogP) is 2.78. The predicted molar refractivity (Wildman–Crippen MR) is 73.6 cm³/mol. The topological polar surface area (TPSA) is 53.3 Å². The first-order valence-electron chi connectivity index (χ1n) is 6.50. The molecule has 100 valence electrons. The smallest absolute Gasteiger partial charge is 0.165 e. The van der Waals surface area contributed by atoms with Gasteiger partial charge < -0.3 is 9.64 Å². The number of rotatable bonds is 6. The van der Waals surface area contributed by atoms with Gasteiger partial charge in [0.05, 0.1) is 30.9 Å². The van der Waals surface area contributed by atoms with Gasteiger partial charge in [-0.1, -0.05) is 6.07 Å². The SMILES string of the molecule is COc1cccc(N(CCC#N)C2CC2)c1C(C)=O. The molecule has 0 unspecified atom stereocenters. The van der Waals surface area contributed by atoms with Crippen molar-refractivity contribution in [2.45, 2.75) is 32.2 Å². The minimum Gasteiger partial charge on any atom is -0.496 e. The zero-order valence-electron chi connectivity index (χ0n) is 11.3. The highest BCUT2D eigenvalue weighted by molar-refractivity contribution is 6.02. The molecule has 0 bridgehead atoms. The number of ether oxygens (including phenoxy) is 1. The maximum atomic E-state index is 11.9. The van der Waals surface area contributed by atoms with Gasteiger partial charge in [-0.2, -0.15) is 5.26 Å². The summed E-state index contributed by atoms with van der Waals surface area (Å²) in [5, 5.41) is 8.78. The summed E-state index contributed by atoms with van der Waals surface area (Å²) < 4.78 is 5.29. The van der Waals surface area contributed by atoms with Crippen molar-refractivity contribution in [1.29, 1.82) is 5.26 Å². The third-order valence-electron chi connectivity index (χ3n) is 3.34. The van der Waals surface area contributed by atoms with Gasteiger partial charge in [-0.3, -0.25) is 4.79 Å². The summed E-state index contributed by atoms with van der Waals surface area (Å²) in [6.45, 7) is 2.21. The quantitative estimate of drug-likeness (QED) is 0.736. The standard InChI is InChI=1S/C15H18N2O2/c1-11(18)15-13(5-3-6-14(15)19-2)17(10-4-9-16)12-7-8-12/h3,5-6,12H,4,7-8,10H2,1-2H3. The molecule has 4 heteroatoms. The van der Waals surface area contributed by atoms with Crippen LogP contribution in [0.25, 0.3) is 0 Å². The van der Waals surface area contributed by atoms with Crippen molar-refractivity contribution in [3.8, 4) is 11.8 Å². The molecule has 0 N–H and O–H groups in total. The van der Waals surface area contributed by atoms with Crippen LogP contribution in [-0.2, 0) is 0 Å². The minimum absolute atomic E-state index is 0.00458. The van der Waals surface area contributed by atoms with Gasteiger partial charge in [-0.05, 0) is 31.9 Å². The van der Waals surface area contributed by atoms with E-state index in [2.05, 4.69) is 11.0 Å². The van der Waals surface area contributed by atoms with E-state index in [1.807, 2.05) is 12.1 Å². The number of methoxy groups -OCH3 is 1. The Labute approximate surface area is 113 Å². The summed E-state index contributed by atoms with van der Waals surface area (Å²) >= 11 is 0. The van der Waals surface area contributed by atoms with Gasteiger partial charge in [0, 0.05) is 12.6 Å². The number of hydrogen-bond donors (Lipinski definition) is 0. The zero-order valence-corrected chi connectivity index (χ0v) is 11.3. The molecule has 0 aliphatic heterocycles. The number of benzene rings is 1. The number of anilines is 1. The monoisotopic (exact) mass is 258 g/mol. The number of Topliss-reactive ketones (excluding diaryl/α,β-unsaturated/α-hetero) is 1. The summed E-state index contributed by atoms with van der Waals surface area (Å²) in [4.78, 5) is 14.1. The normalized spacial score (nSPS) is 13.7. The van der Waals surface area contributed by atoms with E-state index in [0.29, 0.717) is 30.3 Å². The molecule has 1 aliphatic rings. The molecular weight excluding hydrogens is 240 g/mol. The molecule has 1 fully saturated rings. The Morgan fingerprint density at radius 2 is 2.26 bits per heavy atom. The molecule has 19 heavy (non-hydrogen) atoms. The van der Waals surface area contributed by atoms with Crippen LogP contribution in [-0.4, -0.2) is 25.5 Å². The van der Waals surface area contributed by atoms with E-state index in [1.54, 1.807) is 20.1 Å². The number of hydrogen-bond acceptors (Lipinski definition) is 4. The average molecular weight is 258 g/mol. The van der Waals surface area contributed by atoms with E-state index >= 15 is 0 Å². The lowest BCUT2D eigenvalue weighted by atomic mass is 10.1. The van der Waals surface area contributed by atoms with Crippen LogP contribution in [0.3, 0.4) is 0 Å². The van der Waals surface area contributed by atoms with Crippen LogP contribution >= 0.6 is 0 Å². The number of nitriles is 1. The van der Waals surface area contributed by atoms with Crippen molar-refractivity contribution in [1.82, 2.24) is 0 Å². The summed E-state index contributed by atoms with van der Waals surface area (Å²) in [6, 6.07) is 8.26. The molecule has 0 aromatic heterocycles. The van der Waals surface area contributed by atoms with E-state index in [9.17, 15) is 4.79 Å². The second-order valence-corrected chi connectivity index (χ2v) is 4.74. The lowest BCUT2D eigenvalue weighted by Crippen LogP contribution is -2.28. The summed E-state index contributed by atoms with van der Waals surface area (Å²) in [5.74, 6) is 0.600. The highest BCUT2D eigenvalue weighted by Gasteiger charge is 2.31. The molecule has 0 amide bonds. The summed E-state index contributed by atoms with van der Waals surface area (Å²) in [6.07, 6.45) is 2.71. The Bertz CT molecular complexity index is 515. The van der Waals surface area contributed by atoms with Crippen LogP contribution < -0.4 is 9.64 Å². The maximum absolute atomic E-state index is 11.9. The third-order valence-corrected chi connectivity index (χ3v) is 3.34. The Morgan fingerprint density at radius 1 is 1.53 bits per heavy atom. The molecule has 0 heterocycles. The number of carbonyl (C=O) groups is 1. The van der Waals surface area contributed by atoms with Gasteiger partial charge in [0.25, 0.3) is 0 Å². The van der Waals surface area contributed by atoms with Crippen LogP contribution in [0.15, 0.2) is 18.2 Å². The Kier molecular flexibility index (Phi) is 4.06. The molecule has 0 saturated heterocycles. The van der Waals surface area contributed by atoms with E-state index in [4.69, 9.17) is 10.00 Å². The molecule has 1 saturated carbocycles. The number of ketones is 1. The third kappa shape index (κ3) is 2.87. The van der Waals surface area contributed by atoms with Crippen LogP contribution in [0.1, 0.15) is 36.5 Å². The lowest BCUT2D eigenvalue weighted by molar-refractivity contribution is 0.101. The molecule has 2 rings (SSSR count). The van der Waals surface area contributed by atoms with E-state index in [-0.39, 0.29) is 5.78 Å². The Balaban J connectivity index is 2.41. The second-order valence-electron chi connectivity index (χ2n) is 4.74. The van der Waals surface area contributed by atoms with Crippen molar-refractivity contribution < 1.29 is 9.53 Å². The van der Waals surface area contributed by atoms with E-state index in [1.165, 1.54) is 0 Å². The van der Waals surface area contributed by atoms with Crippen LogP contribution in [0.5, 0.6) is 5.75 Å². The fraction of sp³-hybridized carbons (Fsp3) is 0.467. The zero-order chi connectivity index (χ0) is 13.8. The van der Waals surface area contributed by atoms with Gasteiger partial charge in [0.2, 0.25) is 0 Å². The van der Waals surface area contributed by atoms with Crippen molar-refractivity contribution in [2.24, 2.45) is 0 Å². The first-order chi connectivity index (χ1) is 9.19. The van der Waals surface area contributed by atoms with Gasteiger partial charge in [0.1, 0.15) is 5.75 Å². The Morgan fingerprint density at radius 3 is 2.79 bits per heavy atom. The molecule has 1 aromatic rings. The first kappa shape index (κ1) is 13.4. The highest BCUT2D eigenvalue weighted by Crippen LogP contribution is 2.37. The van der Waals surface area contributed by atoms with Crippen molar-refractivity contribution in [2.75, 3.05) is 18.6 Å². The largest absolute Gasteiger partial charge is 0.496 e. The fourth-order valence-corrected chi connectivity index (χ4v) is 2.34. The molecule has 0 radical (unpaired) electrons. The first-order valence-corrected chi connectivity index (χ1v) is 6.50. The van der Waals surface area contributed by atoms with Crippen molar-refractivity contribution in [3.63, 3.8) is 0 Å². The Hall–Kier alpha value is -2.02. The summed E-state index contributed by atoms with van der Waals surface area (Å²) in [5.41, 5.74) is 1.51. The fourth-order valence-electron chi connectivity index (χ4n) is 2.34. The van der Waals surface area contributed by atoms with E-state index in [0.717, 1.165) is 18.5 Å². The van der Waals surface area contributed by atoms with Gasteiger partial charge >= 0.3 is 0 Å². The van der Waals surface area contributed by atoms with Gasteiger partial charge in [-0.25, -0.2) is 0 Å². The van der Waals surface area contributed by atoms with Crippen molar-refractivity contribution in [3.05, 3.63) is 23.8 Å². The van der Waals surface area contributed by atoms with Crippen LogP contribution in [0.2, 0.25) is 0 Å².